The zero-order valence-corrected chi connectivity index (χ0v) is 24.4. The smallest absolute Gasteiger partial charge is 0.128 e. The Labute approximate surface area is 251 Å². The summed E-state index contributed by atoms with van der Waals surface area (Å²) in [5.41, 5.74) is 10.4. The third kappa shape index (κ3) is 6.09. The predicted octanol–water partition coefficient (Wildman–Crippen LogP) is 4.53. The summed E-state index contributed by atoms with van der Waals surface area (Å²) in [7, 11) is 3.24. The summed E-state index contributed by atoms with van der Waals surface area (Å²) in [6.45, 7) is 1.82. The van der Waals surface area contributed by atoms with Gasteiger partial charge in [-0.3, -0.25) is 0 Å². The van der Waals surface area contributed by atoms with Gasteiger partial charge in [0, 0.05) is 41.5 Å². The van der Waals surface area contributed by atoms with Gasteiger partial charge in [-0.2, -0.15) is 0 Å². The molecule has 0 spiro atoms. The van der Waals surface area contributed by atoms with E-state index in [0.29, 0.717) is 61.2 Å². The van der Waals surface area contributed by atoms with Crippen LogP contribution in [-0.4, -0.2) is 50.8 Å². The number of fused-ring (bicyclic) bond motifs is 2. The van der Waals surface area contributed by atoms with E-state index in [-0.39, 0.29) is 30.3 Å². The largest absolute Gasteiger partial charge is 0.508 e. The molecule has 3 heterocycles. The van der Waals surface area contributed by atoms with Gasteiger partial charge in [-0.15, -0.1) is 0 Å². The summed E-state index contributed by atoms with van der Waals surface area (Å²) in [5.74, 6) is 3.06. The number of phenols is 1. The molecule has 9 nitrogen and oxygen atoms in total. The minimum absolute atomic E-state index is 0.200. The number of nitrogens with one attached hydrogen (secondary N) is 1. The molecule has 3 aromatic carbocycles. The molecule has 4 atom stereocenters. The molecule has 43 heavy (non-hydrogen) atoms. The number of ether oxygens (including phenoxy) is 5. The zero-order valence-electron chi connectivity index (χ0n) is 24.4. The van der Waals surface area contributed by atoms with Crippen LogP contribution in [0.15, 0.2) is 78.1 Å². The molecule has 3 aromatic rings. The van der Waals surface area contributed by atoms with Crippen LogP contribution in [0.2, 0.25) is 0 Å². The lowest BCUT2D eigenvalue weighted by Gasteiger charge is -2.42. The molecule has 9 heteroatoms. The van der Waals surface area contributed by atoms with Gasteiger partial charge in [0.05, 0.1) is 52.1 Å². The number of allylic oxidation sites excluding steroid dienone is 1. The van der Waals surface area contributed by atoms with E-state index in [0.717, 1.165) is 28.0 Å². The number of hydrogen-bond donors (Lipinski definition) is 4. The molecule has 4 unspecified atom stereocenters. The predicted molar refractivity (Wildman–Crippen MR) is 161 cm³/mol. The molecule has 5 N–H and O–H groups in total. The van der Waals surface area contributed by atoms with Gasteiger partial charge in [-0.05, 0) is 66.1 Å². The second kappa shape index (κ2) is 12.5. The molecular weight excluding hydrogens is 548 g/mol. The van der Waals surface area contributed by atoms with E-state index < -0.39 is 6.10 Å². The molecule has 0 radical (unpaired) electrons. The molecule has 0 aliphatic carbocycles. The Bertz CT molecular complexity index is 1540. The Morgan fingerprint density at radius 3 is 2.56 bits per heavy atom. The Hall–Kier alpha value is -4.34. The van der Waals surface area contributed by atoms with Crippen LogP contribution in [-0.2, 0) is 11.2 Å². The highest BCUT2D eigenvalue weighted by molar-refractivity contribution is 5.52. The first-order chi connectivity index (χ1) is 20.9. The van der Waals surface area contributed by atoms with Crippen LogP contribution in [0.25, 0.3) is 0 Å². The van der Waals surface area contributed by atoms with Gasteiger partial charge in [0.25, 0.3) is 0 Å². The van der Waals surface area contributed by atoms with Crippen molar-refractivity contribution in [2.75, 3.05) is 40.6 Å². The van der Waals surface area contributed by atoms with Crippen molar-refractivity contribution >= 4 is 0 Å². The van der Waals surface area contributed by atoms with E-state index in [2.05, 4.69) is 11.4 Å². The Balaban J connectivity index is 1.29. The topological polar surface area (TPSA) is 125 Å². The zero-order chi connectivity index (χ0) is 29.9. The summed E-state index contributed by atoms with van der Waals surface area (Å²) >= 11 is 0. The van der Waals surface area contributed by atoms with E-state index >= 15 is 0 Å². The number of rotatable bonds is 9. The lowest BCUT2D eigenvalue weighted by Crippen LogP contribution is -2.41. The maximum atomic E-state index is 11.9. The van der Waals surface area contributed by atoms with Crippen molar-refractivity contribution in [2.45, 2.75) is 25.0 Å². The summed E-state index contributed by atoms with van der Waals surface area (Å²) in [4.78, 5) is 0. The first-order valence-electron chi connectivity index (χ1n) is 14.6. The van der Waals surface area contributed by atoms with E-state index in [1.54, 1.807) is 26.4 Å². The highest BCUT2D eigenvalue weighted by atomic mass is 16.5. The number of methoxy groups -OCH3 is 2. The summed E-state index contributed by atoms with van der Waals surface area (Å²) < 4.78 is 30.4. The number of dihydropyridines is 1. The fourth-order valence-electron chi connectivity index (χ4n) is 6.23. The summed E-state index contributed by atoms with van der Waals surface area (Å²) in [6, 6.07) is 16.6. The lowest BCUT2D eigenvalue weighted by atomic mass is 9.77. The molecular formula is C34H38N2O7. The summed E-state index contributed by atoms with van der Waals surface area (Å²) in [6.07, 6.45) is 4.06. The first-order valence-corrected chi connectivity index (χ1v) is 14.6. The van der Waals surface area contributed by atoms with Gasteiger partial charge < -0.3 is 44.9 Å². The number of phenolic OH excluding ortho intramolecular Hbond substituents is 1. The molecule has 3 aliphatic heterocycles. The quantitative estimate of drug-likeness (QED) is 0.286. The Morgan fingerprint density at radius 2 is 1.77 bits per heavy atom. The maximum absolute atomic E-state index is 11.9. The highest BCUT2D eigenvalue weighted by Gasteiger charge is 2.44. The van der Waals surface area contributed by atoms with Gasteiger partial charge in [0.2, 0.25) is 0 Å². The third-order valence-corrected chi connectivity index (χ3v) is 8.45. The fraction of sp³-hybridized carbons (Fsp3) is 0.353. The summed E-state index contributed by atoms with van der Waals surface area (Å²) in [5, 5.41) is 25.0. The van der Waals surface area contributed by atoms with Crippen molar-refractivity contribution in [3.63, 3.8) is 0 Å². The van der Waals surface area contributed by atoms with Gasteiger partial charge in [0.15, 0.2) is 0 Å². The van der Waals surface area contributed by atoms with Crippen LogP contribution in [0.3, 0.4) is 0 Å². The van der Waals surface area contributed by atoms with Crippen molar-refractivity contribution in [2.24, 2.45) is 17.6 Å². The maximum Gasteiger partial charge on any atom is 0.128 e. The normalized spacial score (nSPS) is 22.5. The number of aliphatic hydroxyl groups is 1. The third-order valence-electron chi connectivity index (χ3n) is 8.45. The van der Waals surface area contributed by atoms with Crippen molar-refractivity contribution in [3.8, 4) is 28.7 Å². The van der Waals surface area contributed by atoms with Crippen LogP contribution >= 0.6 is 0 Å². The van der Waals surface area contributed by atoms with E-state index in [1.807, 2.05) is 48.5 Å². The molecule has 0 aromatic heterocycles. The molecule has 3 aliphatic rings. The van der Waals surface area contributed by atoms with E-state index in [9.17, 15) is 10.2 Å². The molecule has 0 saturated carbocycles. The average Bonchev–Trinajstić information content (AvgIpc) is 3.01. The van der Waals surface area contributed by atoms with Crippen LogP contribution < -0.4 is 30.0 Å². The van der Waals surface area contributed by atoms with Gasteiger partial charge >= 0.3 is 0 Å². The molecule has 0 saturated heterocycles. The van der Waals surface area contributed by atoms with E-state index in [4.69, 9.17) is 29.4 Å². The number of nitrogens with two attached hydrogens (primary N) is 1. The van der Waals surface area contributed by atoms with Crippen LogP contribution in [0.5, 0.6) is 28.7 Å². The van der Waals surface area contributed by atoms with Gasteiger partial charge in [0.1, 0.15) is 28.7 Å². The van der Waals surface area contributed by atoms with Crippen molar-refractivity contribution in [1.82, 2.24) is 5.32 Å². The SMILES string of the molecule is COc1cc(Cc2cccc(O)c2)c2c(c1)C(O)C(C1COc3ccc(OC)cc3C1OCCC1=CCNC(N)=C1)CO2. The lowest BCUT2D eigenvalue weighted by molar-refractivity contribution is -0.0833. The Kier molecular flexibility index (Phi) is 8.35. The van der Waals surface area contributed by atoms with Crippen LogP contribution in [0.1, 0.15) is 40.9 Å². The molecule has 0 fully saturated rings. The second-order valence-corrected chi connectivity index (χ2v) is 11.2. The van der Waals surface area contributed by atoms with Crippen LogP contribution in [0.4, 0.5) is 0 Å². The monoisotopic (exact) mass is 586 g/mol. The van der Waals surface area contributed by atoms with Crippen molar-refractivity contribution in [1.29, 1.82) is 0 Å². The van der Waals surface area contributed by atoms with Gasteiger partial charge in [-0.25, -0.2) is 0 Å². The standard InChI is InChI=1S/C34H38N2O7/c1-39-24-6-7-30-26(16-24)34(41-11-9-20-8-10-36-31(35)14-20)29(19-42-30)28-18-43-33-22(12-21-4-3-5-23(37)13-21)15-25(40-2)17-27(33)32(28)38/h3-8,13-17,28-29,32,34,36-38H,9-12,18-19,35H2,1-2H3. The van der Waals surface area contributed by atoms with Gasteiger partial charge in [-0.1, -0.05) is 18.2 Å². The highest BCUT2D eigenvalue weighted by Crippen LogP contribution is 2.49. The first kappa shape index (κ1) is 28.8. The second-order valence-electron chi connectivity index (χ2n) is 11.2. The number of aromatic hydroxyl groups is 1. The fourth-order valence-corrected chi connectivity index (χ4v) is 6.23. The number of benzene rings is 3. The number of hydrogen-bond acceptors (Lipinski definition) is 9. The van der Waals surface area contributed by atoms with Crippen LogP contribution in [0, 0.1) is 11.8 Å². The molecule has 0 bridgehead atoms. The minimum atomic E-state index is -0.844. The minimum Gasteiger partial charge on any atom is -0.508 e. The molecule has 226 valence electrons. The van der Waals surface area contributed by atoms with E-state index in [1.165, 1.54) is 0 Å². The average molecular weight is 587 g/mol. The Morgan fingerprint density at radius 1 is 0.953 bits per heavy atom. The molecule has 6 rings (SSSR count). The number of aliphatic hydroxyl groups excluding tert-OH is 1. The van der Waals surface area contributed by atoms with Crippen molar-refractivity contribution in [3.05, 3.63) is 100 Å². The van der Waals surface area contributed by atoms with Crippen molar-refractivity contribution < 1.29 is 33.9 Å². The molecule has 0 amide bonds.